The molecular formula is C67H49Cl8F3N2O13. The molecule has 0 fully saturated rings. The lowest BCUT2D eigenvalue weighted by Crippen LogP contribution is -2.33. The second-order valence-corrected chi connectivity index (χ2v) is 24.0. The van der Waals surface area contributed by atoms with Gasteiger partial charge in [-0.15, -0.1) is 46.4 Å². The van der Waals surface area contributed by atoms with Gasteiger partial charge in [0.1, 0.15) is 23.0 Å². The maximum atomic E-state index is 13.2. The Kier molecular flexibility index (Phi) is 21.5. The molecule has 15 nitrogen and oxygen atoms in total. The van der Waals surface area contributed by atoms with E-state index in [4.69, 9.17) is 126 Å². The minimum Gasteiger partial charge on any atom is -0.481 e. The zero-order valence-corrected chi connectivity index (χ0v) is 55.0. The Morgan fingerprint density at radius 2 is 0.828 bits per heavy atom. The first kappa shape index (κ1) is 69.4. The minimum atomic E-state index is -4.86. The molecule has 0 amide bonds. The fourth-order valence-electron chi connectivity index (χ4n) is 11.0. The standard InChI is InChI=1S/C33H22Cl2F3NO6.C32H23Cl2NO7.2CH2Cl2/c1-17(40)43-29-16-28-23(14-25(29)35)32(21-6-4-3-5-20(21)31(42)45-32)22-13-24(34)26(15-27(22)44-28)39(2)19-10-7-18(8-11-19)9-12-30(41)33(36,37)38;1-17(36)40-29-16-28-23(14-25(29)34)32(21-6-4-3-5-20(21)31(39)42-32)22-13-24(33)26(15-27(22)41-28)35(2)19-10-7-18(8-11-19)9-12-30(37)38;2*2-1-3/h3-8,10-11,13-16H,9,12H2,1-2H3;3-8,10-11,13-16H,9,12H2,1-2H3,(H,37,38);2*1H2. The Morgan fingerprint density at radius 3 is 1.17 bits per heavy atom. The van der Waals surface area contributed by atoms with Gasteiger partial charge in [0.05, 0.1) is 53.3 Å². The number of carboxylic acids is 1. The lowest BCUT2D eigenvalue weighted by molar-refractivity contribution is -0.171. The van der Waals surface area contributed by atoms with Gasteiger partial charge in [-0.2, -0.15) is 13.2 Å². The van der Waals surface area contributed by atoms with Crippen LogP contribution in [0.15, 0.2) is 146 Å². The highest BCUT2D eigenvalue weighted by molar-refractivity contribution is 6.41. The van der Waals surface area contributed by atoms with Crippen molar-refractivity contribution in [2.75, 3.05) is 34.6 Å². The molecule has 0 aliphatic carbocycles. The van der Waals surface area contributed by atoms with Gasteiger partial charge < -0.3 is 43.3 Å². The number of carbonyl (C=O) groups is 6. The quantitative estimate of drug-likeness (QED) is 0.0691. The number of anilines is 4. The lowest BCUT2D eigenvalue weighted by atomic mass is 9.77. The van der Waals surface area contributed by atoms with E-state index in [1.165, 1.54) is 32.0 Å². The Balaban J connectivity index is 0.000000203. The Hall–Kier alpha value is -7.91. The molecule has 0 bridgehead atoms. The van der Waals surface area contributed by atoms with E-state index >= 15 is 0 Å². The van der Waals surface area contributed by atoms with Crippen LogP contribution in [-0.4, -0.2) is 71.7 Å². The van der Waals surface area contributed by atoms with Crippen LogP contribution in [0.2, 0.25) is 20.1 Å². The fraction of sp³-hybridized carbons (Fsp3) is 0.194. The number of esters is 4. The van der Waals surface area contributed by atoms with Crippen molar-refractivity contribution in [2.24, 2.45) is 0 Å². The van der Waals surface area contributed by atoms with Gasteiger partial charge in [0.25, 0.3) is 0 Å². The van der Waals surface area contributed by atoms with Crippen molar-refractivity contribution in [3.63, 3.8) is 0 Å². The third kappa shape index (κ3) is 14.2. The number of hydrogen-bond donors (Lipinski definition) is 1. The predicted octanol–water partition coefficient (Wildman–Crippen LogP) is 18.4. The van der Waals surface area contributed by atoms with Crippen LogP contribution in [0.4, 0.5) is 35.9 Å². The number of ether oxygens (including phenoxy) is 6. The topological polar surface area (TPSA) is 185 Å². The van der Waals surface area contributed by atoms with Gasteiger partial charge in [-0.1, -0.05) is 107 Å². The van der Waals surface area contributed by atoms with E-state index in [9.17, 15) is 41.9 Å². The van der Waals surface area contributed by atoms with E-state index in [1.807, 2.05) is 48.3 Å². The molecule has 4 heterocycles. The van der Waals surface area contributed by atoms with Gasteiger partial charge >= 0.3 is 36.0 Å². The maximum Gasteiger partial charge on any atom is 0.449 e. The number of aryl methyl sites for hydroxylation is 2. The number of rotatable bonds is 12. The van der Waals surface area contributed by atoms with Crippen molar-refractivity contribution in [2.45, 2.75) is 56.9 Å². The summed E-state index contributed by atoms with van der Waals surface area (Å²) in [6, 6.07) is 41.1. The molecule has 4 aliphatic rings. The number of carboxylic acid groups (broad SMARTS) is 1. The number of alkyl halides is 7. The van der Waals surface area contributed by atoms with E-state index < -0.39 is 59.4 Å². The van der Waals surface area contributed by atoms with Crippen molar-refractivity contribution < 1.29 is 75.5 Å². The third-order valence-electron chi connectivity index (χ3n) is 15.1. The van der Waals surface area contributed by atoms with Gasteiger partial charge in [-0.25, -0.2) is 9.59 Å². The van der Waals surface area contributed by atoms with E-state index in [0.717, 1.165) is 11.3 Å². The summed E-state index contributed by atoms with van der Waals surface area (Å²) in [6.45, 7) is 2.51. The third-order valence-corrected chi connectivity index (χ3v) is 16.3. The lowest BCUT2D eigenvalue weighted by Gasteiger charge is -2.37. The predicted molar refractivity (Wildman–Crippen MR) is 350 cm³/mol. The molecule has 8 aromatic rings. The molecule has 2 atom stereocenters. The summed E-state index contributed by atoms with van der Waals surface area (Å²) in [6.07, 6.45) is -5.10. The zero-order chi connectivity index (χ0) is 67.4. The molecule has 2 spiro atoms. The normalized spacial score (nSPS) is 15.6. The smallest absolute Gasteiger partial charge is 0.449 e. The second kappa shape index (κ2) is 28.8. The molecule has 0 saturated carbocycles. The molecule has 8 aromatic carbocycles. The number of fused-ring (bicyclic) bond motifs is 12. The summed E-state index contributed by atoms with van der Waals surface area (Å²) in [7, 11) is 3.59. The molecule has 2 unspecified atom stereocenters. The highest BCUT2D eigenvalue weighted by Gasteiger charge is 2.56. The summed E-state index contributed by atoms with van der Waals surface area (Å²) < 4.78 is 73.4. The van der Waals surface area contributed by atoms with Crippen molar-refractivity contribution in [1.29, 1.82) is 0 Å². The average molecular weight is 1430 g/mol. The van der Waals surface area contributed by atoms with Gasteiger partial charge in [-0.3, -0.25) is 19.2 Å². The van der Waals surface area contributed by atoms with Crippen molar-refractivity contribution in [1.82, 2.24) is 0 Å². The van der Waals surface area contributed by atoms with E-state index in [0.29, 0.717) is 95.8 Å². The van der Waals surface area contributed by atoms with Crippen LogP contribution < -0.4 is 28.7 Å². The summed E-state index contributed by atoms with van der Waals surface area (Å²) in [4.78, 5) is 75.7. The first-order valence-corrected chi connectivity index (χ1v) is 31.3. The van der Waals surface area contributed by atoms with Crippen LogP contribution in [0.25, 0.3) is 0 Å². The van der Waals surface area contributed by atoms with E-state index in [1.54, 1.807) is 103 Å². The summed E-state index contributed by atoms with van der Waals surface area (Å²) in [5.41, 5.74) is 4.86. The highest BCUT2D eigenvalue weighted by atomic mass is 35.5. The molecule has 0 radical (unpaired) electrons. The van der Waals surface area contributed by atoms with Crippen LogP contribution >= 0.6 is 92.8 Å². The minimum absolute atomic E-state index is 0.0461. The SMILES string of the molecule is CC(=O)Oc1cc2c(cc1Cl)C1(OC(=O)c3ccccc31)c1cc(Cl)c(N(C)c3ccc(CCC(=O)C(F)(F)F)cc3)cc1O2.CC(=O)Oc1cc2c(cc1Cl)C1(OC(=O)c3ccccc31)c1cc(Cl)c(N(C)c3ccc(CCC(=O)O)cc3)cc1O2.ClCCl.ClCCl. The monoisotopic (exact) mass is 1430 g/mol. The maximum absolute atomic E-state index is 13.2. The number of hydrogen-bond acceptors (Lipinski definition) is 14. The fourth-order valence-corrected chi connectivity index (χ4v) is 12.0. The second-order valence-electron chi connectivity index (χ2n) is 20.7. The molecule has 4 aliphatic heterocycles. The molecule has 482 valence electrons. The first-order valence-electron chi connectivity index (χ1n) is 27.7. The molecule has 93 heavy (non-hydrogen) atoms. The average Bonchev–Trinajstić information content (AvgIpc) is 1.65. The number of ketones is 1. The van der Waals surface area contributed by atoms with Crippen molar-refractivity contribution in [3.05, 3.63) is 221 Å². The summed E-state index contributed by atoms with van der Waals surface area (Å²) in [5, 5.41) is 10.3. The number of Topliss-reactive ketones (excluding diaryl/α,β-unsaturated/α-hetero) is 1. The number of aliphatic carboxylic acids is 1. The van der Waals surface area contributed by atoms with E-state index in [-0.39, 0.29) is 55.8 Å². The molecule has 1 N–H and O–H groups in total. The van der Waals surface area contributed by atoms with Gasteiger partial charge in [0.15, 0.2) is 22.7 Å². The molecule has 12 rings (SSSR count). The van der Waals surface area contributed by atoms with Crippen LogP contribution in [-0.2, 0) is 52.7 Å². The molecular weight excluding hydrogens is 1380 g/mol. The van der Waals surface area contributed by atoms with Crippen LogP contribution in [0.1, 0.15) is 91.9 Å². The Morgan fingerprint density at radius 1 is 0.495 bits per heavy atom. The Bertz CT molecular complexity index is 4270. The number of nitrogens with zero attached hydrogens (tertiary/aromatic N) is 2. The van der Waals surface area contributed by atoms with Crippen molar-refractivity contribution in [3.8, 4) is 34.5 Å². The van der Waals surface area contributed by atoms with Crippen LogP contribution in [0.3, 0.4) is 0 Å². The largest absolute Gasteiger partial charge is 0.481 e. The highest BCUT2D eigenvalue weighted by Crippen LogP contribution is 2.61. The summed E-state index contributed by atoms with van der Waals surface area (Å²) >= 11 is 45.9. The van der Waals surface area contributed by atoms with Gasteiger partial charge in [-0.05, 0) is 84.6 Å². The summed E-state index contributed by atoms with van der Waals surface area (Å²) in [5.74, 6) is -3.45. The van der Waals surface area contributed by atoms with Crippen molar-refractivity contribution >= 4 is 151 Å². The van der Waals surface area contributed by atoms with Crippen LogP contribution in [0.5, 0.6) is 34.5 Å². The van der Waals surface area contributed by atoms with Crippen LogP contribution in [0, 0.1) is 0 Å². The van der Waals surface area contributed by atoms with E-state index in [2.05, 4.69) is 0 Å². The van der Waals surface area contributed by atoms with Gasteiger partial charge in [0, 0.05) is 110 Å². The molecule has 26 heteroatoms. The zero-order valence-electron chi connectivity index (χ0n) is 49.0. The molecule has 0 aromatic heterocycles. The number of carbonyl (C=O) groups excluding carboxylic acids is 5. The Labute approximate surface area is 570 Å². The molecule has 0 saturated heterocycles. The number of halogens is 11. The first-order chi connectivity index (χ1) is 44.2. The van der Waals surface area contributed by atoms with Gasteiger partial charge in [0.2, 0.25) is 5.78 Å². The number of benzene rings is 8.